The number of fused-ring (bicyclic) bond motifs is 2. The number of hydrogen-bond acceptors (Lipinski definition) is 3. The SMILES string of the molecule is Cc1ccc(NC(=O)CN2C(=O)C3CCCN3C(=O)c3ccccc32)cc1C. The van der Waals surface area contributed by atoms with Crippen molar-refractivity contribution in [3.63, 3.8) is 0 Å². The van der Waals surface area contributed by atoms with Crippen molar-refractivity contribution in [1.82, 2.24) is 4.90 Å². The summed E-state index contributed by atoms with van der Waals surface area (Å²) in [6, 6.07) is 12.2. The van der Waals surface area contributed by atoms with Crippen LogP contribution in [0.5, 0.6) is 0 Å². The number of para-hydroxylation sites is 1. The Balaban J connectivity index is 1.62. The van der Waals surface area contributed by atoms with E-state index in [9.17, 15) is 14.4 Å². The maximum Gasteiger partial charge on any atom is 0.256 e. The van der Waals surface area contributed by atoms with E-state index in [2.05, 4.69) is 5.32 Å². The van der Waals surface area contributed by atoms with E-state index in [1.54, 1.807) is 29.2 Å². The van der Waals surface area contributed by atoms with Crippen molar-refractivity contribution in [3.05, 3.63) is 59.2 Å². The normalized spacial score (nSPS) is 18.6. The lowest BCUT2D eigenvalue weighted by molar-refractivity contribution is -0.124. The quantitative estimate of drug-likeness (QED) is 0.894. The minimum atomic E-state index is -0.491. The fraction of sp³-hybridized carbons (Fsp3) is 0.318. The van der Waals surface area contributed by atoms with E-state index in [0.717, 1.165) is 17.5 Å². The van der Waals surface area contributed by atoms with Gasteiger partial charge in [0.05, 0.1) is 11.3 Å². The molecule has 0 aromatic heterocycles. The monoisotopic (exact) mass is 377 g/mol. The van der Waals surface area contributed by atoms with Gasteiger partial charge >= 0.3 is 0 Å². The summed E-state index contributed by atoms with van der Waals surface area (Å²) in [5.41, 5.74) is 3.90. The summed E-state index contributed by atoms with van der Waals surface area (Å²) in [6.07, 6.45) is 1.43. The highest BCUT2D eigenvalue weighted by Gasteiger charge is 2.42. The molecule has 4 rings (SSSR count). The van der Waals surface area contributed by atoms with Crippen molar-refractivity contribution >= 4 is 29.1 Å². The summed E-state index contributed by atoms with van der Waals surface area (Å²) >= 11 is 0. The van der Waals surface area contributed by atoms with Gasteiger partial charge in [-0.1, -0.05) is 18.2 Å². The van der Waals surface area contributed by atoms with Gasteiger partial charge < -0.3 is 15.1 Å². The molecule has 0 bridgehead atoms. The molecule has 6 nitrogen and oxygen atoms in total. The first-order chi connectivity index (χ1) is 13.5. The van der Waals surface area contributed by atoms with Crippen LogP contribution in [0.2, 0.25) is 0 Å². The molecule has 1 unspecified atom stereocenters. The molecular weight excluding hydrogens is 354 g/mol. The highest BCUT2D eigenvalue weighted by molar-refractivity contribution is 6.13. The first kappa shape index (κ1) is 18.2. The summed E-state index contributed by atoms with van der Waals surface area (Å²) < 4.78 is 0. The molecule has 3 amide bonds. The molecule has 28 heavy (non-hydrogen) atoms. The lowest BCUT2D eigenvalue weighted by atomic mass is 10.1. The second-order valence-corrected chi connectivity index (χ2v) is 7.45. The van der Waals surface area contributed by atoms with Gasteiger partial charge in [-0.05, 0) is 62.1 Å². The molecule has 0 saturated carbocycles. The summed E-state index contributed by atoms with van der Waals surface area (Å²) in [4.78, 5) is 41.9. The molecule has 1 atom stereocenters. The summed E-state index contributed by atoms with van der Waals surface area (Å²) in [7, 11) is 0. The van der Waals surface area contributed by atoms with E-state index in [1.165, 1.54) is 4.90 Å². The molecule has 2 aromatic rings. The third-order valence-electron chi connectivity index (χ3n) is 5.58. The molecule has 2 aliphatic rings. The second kappa shape index (κ2) is 7.11. The smallest absolute Gasteiger partial charge is 0.256 e. The van der Waals surface area contributed by atoms with Crippen LogP contribution in [0, 0.1) is 13.8 Å². The lowest BCUT2D eigenvalue weighted by Crippen LogP contribution is -2.47. The van der Waals surface area contributed by atoms with Gasteiger partial charge in [-0.2, -0.15) is 0 Å². The molecule has 1 saturated heterocycles. The third-order valence-corrected chi connectivity index (χ3v) is 5.58. The molecule has 0 aliphatic carbocycles. The summed E-state index contributed by atoms with van der Waals surface area (Å²) in [6.45, 7) is 4.45. The lowest BCUT2D eigenvalue weighted by Gasteiger charge is -2.25. The Kier molecular flexibility index (Phi) is 4.63. The minimum absolute atomic E-state index is 0.125. The van der Waals surface area contributed by atoms with E-state index in [1.807, 2.05) is 32.0 Å². The van der Waals surface area contributed by atoms with E-state index in [0.29, 0.717) is 29.9 Å². The predicted molar refractivity (Wildman–Crippen MR) is 107 cm³/mol. The zero-order valence-corrected chi connectivity index (χ0v) is 16.1. The fourth-order valence-electron chi connectivity index (χ4n) is 3.94. The Morgan fingerprint density at radius 1 is 1.11 bits per heavy atom. The zero-order chi connectivity index (χ0) is 19.8. The molecule has 6 heteroatoms. The van der Waals surface area contributed by atoms with Crippen molar-refractivity contribution in [2.24, 2.45) is 0 Å². The van der Waals surface area contributed by atoms with E-state index >= 15 is 0 Å². The first-order valence-corrected chi connectivity index (χ1v) is 9.54. The Morgan fingerprint density at radius 2 is 1.89 bits per heavy atom. The van der Waals surface area contributed by atoms with Crippen LogP contribution in [0.4, 0.5) is 11.4 Å². The van der Waals surface area contributed by atoms with Crippen molar-refractivity contribution in [2.75, 3.05) is 23.3 Å². The number of benzene rings is 2. The number of rotatable bonds is 3. The molecule has 1 fully saturated rings. The summed E-state index contributed by atoms with van der Waals surface area (Å²) in [5.74, 6) is -0.611. The topological polar surface area (TPSA) is 69.7 Å². The maximum atomic E-state index is 13.2. The Morgan fingerprint density at radius 3 is 2.68 bits per heavy atom. The minimum Gasteiger partial charge on any atom is -0.327 e. The van der Waals surface area contributed by atoms with Gasteiger partial charge in [-0.25, -0.2) is 0 Å². The van der Waals surface area contributed by atoms with Gasteiger partial charge in [0.1, 0.15) is 12.6 Å². The highest BCUT2D eigenvalue weighted by Crippen LogP contribution is 2.32. The molecule has 0 radical (unpaired) electrons. The Labute approximate surface area is 164 Å². The number of nitrogens with one attached hydrogen (secondary N) is 1. The number of aryl methyl sites for hydroxylation is 2. The Bertz CT molecular complexity index is 969. The zero-order valence-electron chi connectivity index (χ0n) is 16.1. The Hall–Kier alpha value is -3.15. The van der Waals surface area contributed by atoms with Crippen LogP contribution in [0.25, 0.3) is 0 Å². The maximum absolute atomic E-state index is 13.2. The van der Waals surface area contributed by atoms with E-state index in [-0.39, 0.29) is 24.3 Å². The number of anilines is 2. The van der Waals surface area contributed by atoms with Crippen LogP contribution in [-0.4, -0.2) is 41.8 Å². The number of nitrogens with zero attached hydrogens (tertiary/aromatic N) is 2. The standard InChI is InChI=1S/C22H23N3O3/c1-14-9-10-16(12-15(14)2)23-20(26)13-25-18-7-4-3-6-17(18)21(27)24-11-5-8-19(24)22(25)28/h3-4,6-7,9-10,12,19H,5,8,11,13H2,1-2H3,(H,23,26). The first-order valence-electron chi connectivity index (χ1n) is 9.54. The van der Waals surface area contributed by atoms with Crippen molar-refractivity contribution in [1.29, 1.82) is 0 Å². The van der Waals surface area contributed by atoms with Crippen LogP contribution in [-0.2, 0) is 9.59 Å². The number of carbonyl (C=O) groups excluding carboxylic acids is 3. The van der Waals surface area contributed by atoms with Gasteiger partial charge in [0.2, 0.25) is 11.8 Å². The third kappa shape index (κ3) is 3.15. The molecule has 0 spiro atoms. The van der Waals surface area contributed by atoms with Crippen molar-refractivity contribution in [3.8, 4) is 0 Å². The molecule has 2 aliphatic heterocycles. The highest BCUT2D eigenvalue weighted by atomic mass is 16.2. The van der Waals surface area contributed by atoms with E-state index < -0.39 is 6.04 Å². The van der Waals surface area contributed by atoms with Gasteiger partial charge in [-0.3, -0.25) is 14.4 Å². The molecule has 2 aromatic carbocycles. The van der Waals surface area contributed by atoms with E-state index in [4.69, 9.17) is 0 Å². The average molecular weight is 377 g/mol. The average Bonchev–Trinajstić information content (AvgIpc) is 3.15. The van der Waals surface area contributed by atoms with Crippen LogP contribution in [0.3, 0.4) is 0 Å². The predicted octanol–water partition coefficient (Wildman–Crippen LogP) is 2.89. The van der Waals surface area contributed by atoms with Gasteiger partial charge in [0.25, 0.3) is 5.91 Å². The van der Waals surface area contributed by atoms with Gasteiger partial charge in [-0.15, -0.1) is 0 Å². The largest absolute Gasteiger partial charge is 0.327 e. The molecule has 2 heterocycles. The van der Waals surface area contributed by atoms with Crippen LogP contribution < -0.4 is 10.2 Å². The molecular formula is C22H23N3O3. The van der Waals surface area contributed by atoms with Crippen molar-refractivity contribution < 1.29 is 14.4 Å². The van der Waals surface area contributed by atoms with Crippen molar-refractivity contribution in [2.45, 2.75) is 32.7 Å². The molecule has 144 valence electrons. The number of amides is 3. The fourth-order valence-corrected chi connectivity index (χ4v) is 3.94. The summed E-state index contributed by atoms with van der Waals surface area (Å²) in [5, 5.41) is 2.87. The van der Waals surface area contributed by atoms with Gasteiger partial charge in [0.15, 0.2) is 0 Å². The van der Waals surface area contributed by atoms with Crippen LogP contribution >= 0.6 is 0 Å². The number of carbonyl (C=O) groups is 3. The van der Waals surface area contributed by atoms with Crippen LogP contribution in [0.1, 0.15) is 34.3 Å². The van der Waals surface area contributed by atoms with Gasteiger partial charge in [0, 0.05) is 12.2 Å². The van der Waals surface area contributed by atoms with Crippen LogP contribution in [0.15, 0.2) is 42.5 Å². The second-order valence-electron chi connectivity index (χ2n) is 7.45. The number of hydrogen-bond donors (Lipinski definition) is 1. The molecule has 1 N–H and O–H groups in total.